The first-order valence-corrected chi connectivity index (χ1v) is 5.47. The van der Waals surface area contributed by atoms with Gasteiger partial charge in [0, 0.05) is 16.6 Å². The third-order valence-corrected chi connectivity index (χ3v) is 3.25. The molecule has 0 bridgehead atoms. The lowest BCUT2D eigenvalue weighted by Gasteiger charge is -1.99. The number of nitro groups is 1. The third kappa shape index (κ3) is 2.28. The molecule has 1 rings (SSSR count). The highest BCUT2D eigenvalue weighted by Gasteiger charge is 2.18. The van der Waals surface area contributed by atoms with Crippen LogP contribution in [0.5, 0.6) is 0 Å². The van der Waals surface area contributed by atoms with E-state index in [-0.39, 0.29) is 4.47 Å². The molecule has 1 aromatic carbocycles. The SMILES string of the molecule is O=[N+]([O-])c1ccc(Br)c(S(=O)(=O)O)c1. The van der Waals surface area contributed by atoms with E-state index in [2.05, 4.69) is 15.9 Å². The van der Waals surface area contributed by atoms with Crippen molar-refractivity contribution in [2.75, 3.05) is 0 Å². The van der Waals surface area contributed by atoms with Gasteiger partial charge in [-0.05, 0) is 22.0 Å². The van der Waals surface area contributed by atoms with Crippen LogP contribution in [0.25, 0.3) is 0 Å². The predicted octanol–water partition coefficient (Wildman–Crippen LogP) is 1.60. The summed E-state index contributed by atoms with van der Waals surface area (Å²) in [6.07, 6.45) is 0. The van der Waals surface area contributed by atoms with Crippen LogP contribution in [0.15, 0.2) is 27.6 Å². The maximum Gasteiger partial charge on any atom is 0.295 e. The Morgan fingerprint density at radius 2 is 2.00 bits per heavy atom. The number of hydrogen-bond acceptors (Lipinski definition) is 4. The molecule has 76 valence electrons. The quantitative estimate of drug-likeness (QED) is 0.504. The lowest BCUT2D eigenvalue weighted by molar-refractivity contribution is -0.385. The first-order chi connectivity index (χ1) is 6.32. The van der Waals surface area contributed by atoms with E-state index in [1.807, 2.05) is 0 Å². The average Bonchev–Trinajstić information content (AvgIpc) is 2.02. The largest absolute Gasteiger partial charge is 0.295 e. The molecule has 0 aliphatic heterocycles. The maximum atomic E-state index is 10.7. The number of nitrogens with zero attached hydrogens (tertiary/aromatic N) is 1. The van der Waals surface area contributed by atoms with Gasteiger partial charge in [0.05, 0.1) is 4.92 Å². The van der Waals surface area contributed by atoms with E-state index in [0.717, 1.165) is 12.1 Å². The van der Waals surface area contributed by atoms with Gasteiger partial charge >= 0.3 is 0 Å². The summed E-state index contributed by atoms with van der Waals surface area (Å²) >= 11 is 2.85. The van der Waals surface area contributed by atoms with Gasteiger partial charge in [-0.2, -0.15) is 8.42 Å². The van der Waals surface area contributed by atoms with Crippen LogP contribution in [0.1, 0.15) is 0 Å². The second-order valence-electron chi connectivity index (χ2n) is 2.35. The van der Waals surface area contributed by atoms with Crippen LogP contribution in [0, 0.1) is 10.1 Å². The zero-order valence-corrected chi connectivity index (χ0v) is 8.95. The smallest absolute Gasteiger partial charge is 0.282 e. The van der Waals surface area contributed by atoms with Crippen LogP contribution >= 0.6 is 15.9 Å². The van der Waals surface area contributed by atoms with Gasteiger partial charge in [0.1, 0.15) is 4.90 Å². The van der Waals surface area contributed by atoms with E-state index in [0.29, 0.717) is 0 Å². The van der Waals surface area contributed by atoms with Gasteiger partial charge in [-0.3, -0.25) is 14.7 Å². The van der Waals surface area contributed by atoms with Gasteiger partial charge in [-0.15, -0.1) is 0 Å². The molecule has 0 spiro atoms. The fourth-order valence-electron chi connectivity index (χ4n) is 0.803. The summed E-state index contributed by atoms with van der Waals surface area (Å²) in [5.74, 6) is 0. The highest BCUT2D eigenvalue weighted by Crippen LogP contribution is 2.25. The molecule has 0 aliphatic carbocycles. The van der Waals surface area contributed by atoms with Crippen molar-refractivity contribution in [3.8, 4) is 0 Å². The number of halogens is 1. The molecule has 6 nitrogen and oxygen atoms in total. The lowest BCUT2D eigenvalue weighted by Crippen LogP contribution is -2.00. The highest BCUT2D eigenvalue weighted by atomic mass is 79.9. The van der Waals surface area contributed by atoms with Crippen molar-refractivity contribution < 1.29 is 17.9 Å². The Bertz CT molecular complexity index is 483. The van der Waals surface area contributed by atoms with E-state index < -0.39 is 25.6 Å². The Balaban J connectivity index is 3.44. The number of hydrogen-bond donors (Lipinski definition) is 1. The summed E-state index contributed by atoms with van der Waals surface area (Å²) in [7, 11) is -4.44. The van der Waals surface area contributed by atoms with Gasteiger partial charge < -0.3 is 0 Å². The van der Waals surface area contributed by atoms with Crippen molar-refractivity contribution in [3.63, 3.8) is 0 Å². The lowest BCUT2D eigenvalue weighted by atomic mass is 10.3. The van der Waals surface area contributed by atoms with Crippen molar-refractivity contribution in [2.24, 2.45) is 0 Å². The standard InChI is InChI=1S/C6H4BrNO5S/c7-5-2-1-4(8(9)10)3-6(5)14(11,12)13/h1-3H,(H,11,12,13). The number of non-ortho nitro benzene ring substituents is 1. The fraction of sp³-hybridized carbons (Fsp3) is 0. The van der Waals surface area contributed by atoms with E-state index in [1.54, 1.807) is 0 Å². The molecule has 0 heterocycles. The average molecular weight is 282 g/mol. The third-order valence-electron chi connectivity index (χ3n) is 1.40. The van der Waals surface area contributed by atoms with E-state index in [1.165, 1.54) is 6.07 Å². The van der Waals surface area contributed by atoms with E-state index in [9.17, 15) is 18.5 Å². The van der Waals surface area contributed by atoms with Crippen LogP contribution in [0.3, 0.4) is 0 Å². The summed E-state index contributed by atoms with van der Waals surface area (Å²) < 4.78 is 30.2. The summed E-state index contributed by atoms with van der Waals surface area (Å²) in [6, 6.07) is 3.08. The van der Waals surface area contributed by atoms with Gasteiger partial charge in [0.15, 0.2) is 0 Å². The predicted molar refractivity (Wildman–Crippen MR) is 50.6 cm³/mol. The molecular weight excluding hydrogens is 278 g/mol. The molecule has 14 heavy (non-hydrogen) atoms. The normalized spacial score (nSPS) is 11.3. The Morgan fingerprint density at radius 3 is 2.43 bits per heavy atom. The minimum Gasteiger partial charge on any atom is -0.282 e. The second kappa shape index (κ2) is 3.64. The molecule has 0 saturated carbocycles. The molecule has 1 N–H and O–H groups in total. The Hall–Kier alpha value is -0.990. The number of benzene rings is 1. The van der Waals surface area contributed by atoms with Crippen molar-refractivity contribution in [1.82, 2.24) is 0 Å². The van der Waals surface area contributed by atoms with Crippen LogP contribution in [0.4, 0.5) is 5.69 Å². The number of nitro benzene ring substituents is 1. The van der Waals surface area contributed by atoms with Crippen LogP contribution in [-0.2, 0) is 10.1 Å². The first-order valence-electron chi connectivity index (χ1n) is 3.24. The van der Waals surface area contributed by atoms with E-state index >= 15 is 0 Å². The summed E-state index contributed by atoms with van der Waals surface area (Å²) in [4.78, 5) is 9.03. The first kappa shape index (κ1) is 11.1. The van der Waals surface area contributed by atoms with Crippen molar-refractivity contribution in [1.29, 1.82) is 0 Å². The molecule has 0 amide bonds. The molecule has 0 fully saturated rings. The Morgan fingerprint density at radius 1 is 1.43 bits per heavy atom. The van der Waals surface area contributed by atoms with Gasteiger partial charge in [-0.25, -0.2) is 0 Å². The minimum atomic E-state index is -4.44. The molecular formula is C6H4BrNO5S. The summed E-state index contributed by atoms with van der Waals surface area (Å²) in [6.45, 7) is 0. The minimum absolute atomic E-state index is 0.0746. The molecule has 0 aliphatic rings. The summed E-state index contributed by atoms with van der Waals surface area (Å²) in [5, 5.41) is 10.3. The molecule has 1 aromatic rings. The topological polar surface area (TPSA) is 97.5 Å². The molecule has 0 aromatic heterocycles. The number of rotatable bonds is 2. The zero-order valence-electron chi connectivity index (χ0n) is 6.55. The van der Waals surface area contributed by atoms with E-state index in [4.69, 9.17) is 4.55 Å². The molecule has 0 saturated heterocycles. The van der Waals surface area contributed by atoms with Gasteiger partial charge in [0.2, 0.25) is 0 Å². The fourth-order valence-corrected chi connectivity index (χ4v) is 2.25. The van der Waals surface area contributed by atoms with Gasteiger partial charge in [0.25, 0.3) is 15.8 Å². The van der Waals surface area contributed by atoms with Crippen molar-refractivity contribution >= 4 is 31.7 Å². The molecule has 0 unspecified atom stereocenters. The summed E-state index contributed by atoms with van der Waals surface area (Å²) in [5.41, 5.74) is -0.402. The zero-order chi connectivity index (χ0) is 10.9. The molecule has 0 atom stereocenters. The monoisotopic (exact) mass is 281 g/mol. The van der Waals surface area contributed by atoms with Crippen molar-refractivity contribution in [3.05, 3.63) is 32.8 Å². The Kier molecular flexibility index (Phi) is 2.88. The van der Waals surface area contributed by atoms with Crippen molar-refractivity contribution in [2.45, 2.75) is 4.90 Å². The van der Waals surface area contributed by atoms with Crippen LogP contribution < -0.4 is 0 Å². The van der Waals surface area contributed by atoms with Crippen LogP contribution in [0.2, 0.25) is 0 Å². The Labute approximate surface area is 87.6 Å². The second-order valence-corrected chi connectivity index (χ2v) is 4.59. The molecule has 0 radical (unpaired) electrons. The van der Waals surface area contributed by atoms with Crippen LogP contribution in [-0.4, -0.2) is 17.9 Å². The van der Waals surface area contributed by atoms with Gasteiger partial charge in [-0.1, -0.05) is 0 Å². The highest BCUT2D eigenvalue weighted by molar-refractivity contribution is 9.10. The maximum absolute atomic E-state index is 10.7. The molecule has 8 heteroatoms.